The maximum Gasteiger partial charge on any atom is 0.246 e. The molecule has 4 N–H and O–H groups in total. The first kappa shape index (κ1) is 26.4. The number of nitrogens with one attached hydrogen (secondary N) is 3. The Morgan fingerprint density at radius 1 is 1.44 bits per heavy atom. The molecule has 8 nitrogen and oxygen atoms in total. The number of carbonyl (C=O) groups is 1. The summed E-state index contributed by atoms with van der Waals surface area (Å²) in [5.74, 6) is 1.33. The number of aliphatic hydroxyl groups excluding tert-OH is 1. The van der Waals surface area contributed by atoms with Gasteiger partial charge in [-0.25, -0.2) is 4.98 Å². The highest BCUT2D eigenvalue weighted by Gasteiger charge is 2.46. The number of amides is 1. The number of aromatic nitrogens is 1. The Labute approximate surface area is 203 Å². The first-order chi connectivity index (χ1) is 16.1. The summed E-state index contributed by atoms with van der Waals surface area (Å²) in [4.78, 5) is 16.9. The number of rotatable bonds is 11. The van der Waals surface area contributed by atoms with E-state index in [9.17, 15) is 9.90 Å². The normalized spacial score (nSPS) is 20.5. The van der Waals surface area contributed by atoms with Crippen LogP contribution in [0.3, 0.4) is 0 Å². The SMILES string of the molecule is C=CC[C@H](NC(=O)COC)[C@H](O)CN[C@H]1CC2(CCC2)Oc2c1cc(CC(C)(C)C)nc2NC. The molecule has 1 aromatic heterocycles. The summed E-state index contributed by atoms with van der Waals surface area (Å²) in [5.41, 5.74) is 2.02. The molecule has 0 saturated heterocycles. The molecule has 0 bridgehead atoms. The second kappa shape index (κ2) is 11.1. The quantitative estimate of drug-likeness (QED) is 0.365. The maximum atomic E-state index is 12.0. The summed E-state index contributed by atoms with van der Waals surface area (Å²) in [6.45, 7) is 10.7. The Hall–Kier alpha value is -2.16. The topological polar surface area (TPSA) is 105 Å². The van der Waals surface area contributed by atoms with Crippen molar-refractivity contribution >= 4 is 11.7 Å². The smallest absolute Gasteiger partial charge is 0.246 e. The summed E-state index contributed by atoms with van der Waals surface area (Å²) < 4.78 is 11.5. The number of carbonyl (C=O) groups excluding carboxylic acids is 1. The fourth-order valence-corrected chi connectivity index (χ4v) is 4.85. The third-order valence-corrected chi connectivity index (χ3v) is 6.62. The van der Waals surface area contributed by atoms with Crippen molar-refractivity contribution in [1.29, 1.82) is 0 Å². The van der Waals surface area contributed by atoms with Crippen LogP contribution >= 0.6 is 0 Å². The van der Waals surface area contributed by atoms with Gasteiger partial charge in [-0.05, 0) is 43.6 Å². The Balaban J connectivity index is 1.82. The number of aliphatic hydroxyl groups is 1. The van der Waals surface area contributed by atoms with Crippen LogP contribution in [-0.4, -0.2) is 61.1 Å². The van der Waals surface area contributed by atoms with E-state index >= 15 is 0 Å². The van der Waals surface area contributed by atoms with Crippen molar-refractivity contribution in [1.82, 2.24) is 15.6 Å². The third kappa shape index (κ3) is 6.49. The van der Waals surface area contributed by atoms with Gasteiger partial charge in [0, 0.05) is 44.4 Å². The number of hydrogen-bond donors (Lipinski definition) is 4. The standard InChI is InChI=1S/C26H42N4O4/c1-7-9-19(30-22(32)16-33-6)21(31)15-28-20-14-26(10-8-11-26)34-23-18(20)12-17(13-25(2,3)4)29-24(23)27-5/h7,12,19-21,28,31H,1,8-11,13-16H2,2-6H3,(H,27,29)(H,30,32)/t19-,20-,21+/m0/s1. The lowest BCUT2D eigenvalue weighted by molar-refractivity contribution is -0.126. The van der Waals surface area contributed by atoms with E-state index in [1.807, 2.05) is 7.05 Å². The van der Waals surface area contributed by atoms with E-state index in [0.717, 1.165) is 54.9 Å². The number of fused-ring (bicyclic) bond motifs is 1. The minimum atomic E-state index is -0.776. The van der Waals surface area contributed by atoms with Gasteiger partial charge in [-0.1, -0.05) is 26.8 Å². The van der Waals surface area contributed by atoms with Gasteiger partial charge in [-0.2, -0.15) is 0 Å². The highest BCUT2D eigenvalue weighted by molar-refractivity contribution is 5.77. The number of ether oxygens (including phenoxy) is 2. The van der Waals surface area contributed by atoms with Gasteiger partial charge in [-0.3, -0.25) is 4.79 Å². The fourth-order valence-electron chi connectivity index (χ4n) is 4.85. The lowest BCUT2D eigenvalue weighted by Crippen LogP contribution is -2.52. The van der Waals surface area contributed by atoms with Gasteiger partial charge < -0.3 is 30.5 Å². The minimum absolute atomic E-state index is 0.0200. The van der Waals surface area contributed by atoms with Crippen LogP contribution in [0.2, 0.25) is 0 Å². The second-order valence-electron chi connectivity index (χ2n) is 10.9. The van der Waals surface area contributed by atoms with Gasteiger partial charge >= 0.3 is 0 Å². The molecule has 0 unspecified atom stereocenters. The summed E-state index contributed by atoms with van der Waals surface area (Å²) in [7, 11) is 3.35. The van der Waals surface area contributed by atoms with E-state index in [4.69, 9.17) is 14.5 Å². The highest BCUT2D eigenvalue weighted by atomic mass is 16.5. The van der Waals surface area contributed by atoms with E-state index in [0.29, 0.717) is 13.0 Å². The molecule has 1 spiro atoms. The largest absolute Gasteiger partial charge is 0.483 e. The second-order valence-corrected chi connectivity index (χ2v) is 10.9. The van der Waals surface area contributed by atoms with Crippen molar-refractivity contribution < 1.29 is 19.4 Å². The Bertz CT molecular complexity index is 863. The average Bonchev–Trinajstić information content (AvgIpc) is 2.74. The van der Waals surface area contributed by atoms with E-state index < -0.39 is 12.1 Å². The van der Waals surface area contributed by atoms with Crippen LogP contribution in [0.25, 0.3) is 0 Å². The zero-order valence-corrected chi connectivity index (χ0v) is 21.4. The highest BCUT2D eigenvalue weighted by Crippen LogP contribution is 2.51. The maximum absolute atomic E-state index is 12.0. The monoisotopic (exact) mass is 474 g/mol. The lowest BCUT2D eigenvalue weighted by Gasteiger charge is -2.48. The van der Waals surface area contributed by atoms with E-state index in [2.05, 4.69) is 49.4 Å². The fraction of sp³-hybridized carbons (Fsp3) is 0.692. The minimum Gasteiger partial charge on any atom is -0.483 e. The van der Waals surface area contributed by atoms with Gasteiger partial charge in [0.2, 0.25) is 5.91 Å². The number of pyridine rings is 1. The van der Waals surface area contributed by atoms with Gasteiger partial charge in [0.15, 0.2) is 11.6 Å². The molecular formula is C26H42N4O4. The van der Waals surface area contributed by atoms with E-state index in [-0.39, 0.29) is 29.6 Å². The summed E-state index contributed by atoms with van der Waals surface area (Å²) in [5, 5.41) is 20.6. The number of anilines is 1. The van der Waals surface area contributed by atoms with E-state index in [1.54, 1.807) is 6.08 Å². The molecule has 3 rings (SSSR count). The molecular weight excluding hydrogens is 432 g/mol. The number of hydrogen-bond acceptors (Lipinski definition) is 7. The van der Waals surface area contributed by atoms with Crippen LogP contribution in [0.5, 0.6) is 5.75 Å². The first-order valence-electron chi connectivity index (χ1n) is 12.3. The van der Waals surface area contributed by atoms with Crippen molar-refractivity contribution in [2.45, 2.75) is 83.1 Å². The molecule has 1 fully saturated rings. The van der Waals surface area contributed by atoms with Crippen molar-refractivity contribution in [2.24, 2.45) is 5.41 Å². The molecule has 190 valence electrons. The molecule has 1 saturated carbocycles. The number of methoxy groups -OCH3 is 1. The van der Waals surface area contributed by atoms with Crippen LogP contribution in [0.4, 0.5) is 5.82 Å². The molecule has 2 heterocycles. The van der Waals surface area contributed by atoms with Gasteiger partial charge in [0.25, 0.3) is 0 Å². The molecule has 0 aromatic carbocycles. The molecule has 8 heteroatoms. The molecule has 1 amide bonds. The summed E-state index contributed by atoms with van der Waals surface area (Å²) in [6.07, 6.45) is 6.29. The summed E-state index contributed by atoms with van der Waals surface area (Å²) in [6, 6.07) is 1.73. The van der Waals surface area contributed by atoms with E-state index in [1.165, 1.54) is 7.11 Å². The Morgan fingerprint density at radius 2 is 2.18 bits per heavy atom. The summed E-state index contributed by atoms with van der Waals surface area (Å²) >= 11 is 0. The zero-order valence-electron chi connectivity index (χ0n) is 21.4. The number of nitrogens with zero attached hydrogens (tertiary/aromatic N) is 1. The van der Waals surface area contributed by atoms with Crippen molar-refractivity contribution in [2.75, 3.05) is 32.6 Å². The lowest BCUT2D eigenvalue weighted by atomic mass is 9.72. The van der Waals surface area contributed by atoms with Crippen molar-refractivity contribution in [3.8, 4) is 5.75 Å². The molecule has 1 aliphatic heterocycles. The molecule has 1 aliphatic carbocycles. The molecule has 0 radical (unpaired) electrons. The average molecular weight is 475 g/mol. The van der Waals surface area contributed by atoms with Gasteiger partial charge in [-0.15, -0.1) is 6.58 Å². The predicted octanol–water partition coefficient (Wildman–Crippen LogP) is 3.12. The zero-order chi connectivity index (χ0) is 24.9. The molecule has 1 aromatic rings. The van der Waals surface area contributed by atoms with Gasteiger partial charge in [0.05, 0.1) is 12.1 Å². The third-order valence-electron chi connectivity index (χ3n) is 6.62. The van der Waals surface area contributed by atoms with Crippen molar-refractivity contribution in [3.63, 3.8) is 0 Å². The Kier molecular flexibility index (Phi) is 8.60. The van der Waals surface area contributed by atoms with Crippen molar-refractivity contribution in [3.05, 3.63) is 30.0 Å². The van der Waals surface area contributed by atoms with Crippen LogP contribution in [0.15, 0.2) is 18.7 Å². The van der Waals surface area contributed by atoms with Gasteiger partial charge in [0.1, 0.15) is 12.2 Å². The first-order valence-corrected chi connectivity index (χ1v) is 12.3. The van der Waals surface area contributed by atoms with Crippen LogP contribution in [0, 0.1) is 5.41 Å². The Morgan fingerprint density at radius 3 is 2.74 bits per heavy atom. The molecule has 2 aliphatic rings. The predicted molar refractivity (Wildman–Crippen MR) is 134 cm³/mol. The van der Waals surface area contributed by atoms with Crippen LogP contribution < -0.4 is 20.7 Å². The molecule has 34 heavy (non-hydrogen) atoms. The van der Waals surface area contributed by atoms with Crippen LogP contribution in [0.1, 0.15) is 70.2 Å². The molecule has 3 atom stereocenters. The van der Waals surface area contributed by atoms with Crippen LogP contribution in [-0.2, 0) is 16.0 Å².